The van der Waals surface area contributed by atoms with Crippen LogP contribution in [0.3, 0.4) is 0 Å². The highest BCUT2D eigenvalue weighted by atomic mass is 35.5. The smallest absolute Gasteiger partial charge is 0.306 e. The van der Waals surface area contributed by atoms with Crippen molar-refractivity contribution in [2.75, 3.05) is 5.32 Å². The summed E-state index contributed by atoms with van der Waals surface area (Å²) in [6.45, 7) is 5.97. The van der Waals surface area contributed by atoms with Crippen molar-refractivity contribution >= 4 is 23.3 Å². The Morgan fingerprint density at radius 1 is 1.27 bits per heavy atom. The molecule has 0 aliphatic heterocycles. The Labute approximate surface area is 198 Å². The lowest BCUT2D eigenvalue weighted by atomic mass is 10.0. The number of benzene rings is 2. The summed E-state index contributed by atoms with van der Waals surface area (Å²) < 4.78 is 11.3. The van der Waals surface area contributed by atoms with Gasteiger partial charge in [-0.1, -0.05) is 23.7 Å². The first-order valence-electron chi connectivity index (χ1n) is 11.3. The Hall–Kier alpha value is -3.06. The number of halogens is 1. The molecule has 0 bridgehead atoms. The molecule has 0 saturated heterocycles. The minimum absolute atomic E-state index is 0.0299. The third kappa shape index (κ3) is 5.30. The molecule has 1 saturated carbocycles. The first-order chi connectivity index (χ1) is 15.8. The summed E-state index contributed by atoms with van der Waals surface area (Å²) >= 11 is 6.36. The van der Waals surface area contributed by atoms with Gasteiger partial charge >= 0.3 is 5.97 Å². The molecule has 1 heterocycles. The lowest BCUT2D eigenvalue weighted by Gasteiger charge is -2.15. The monoisotopic (exact) mass is 469 g/mol. The van der Waals surface area contributed by atoms with E-state index < -0.39 is 5.97 Å². The van der Waals surface area contributed by atoms with E-state index in [1.165, 1.54) is 0 Å². The number of ether oxygens (including phenoxy) is 1. The molecular formula is C25H28ClN3O4. The van der Waals surface area contributed by atoms with Gasteiger partial charge in [0.05, 0.1) is 17.0 Å². The minimum atomic E-state index is -0.709. The second kappa shape index (κ2) is 9.83. The van der Waals surface area contributed by atoms with Gasteiger partial charge in [0, 0.05) is 22.9 Å². The molecule has 0 amide bonds. The molecule has 33 heavy (non-hydrogen) atoms. The van der Waals surface area contributed by atoms with Crippen molar-refractivity contribution < 1.29 is 19.2 Å². The van der Waals surface area contributed by atoms with Crippen molar-refractivity contribution in [1.82, 2.24) is 10.1 Å². The molecule has 7 nitrogen and oxygen atoms in total. The zero-order valence-electron chi connectivity index (χ0n) is 19.0. The number of nitrogens with one attached hydrogen (secondary N) is 1. The molecule has 2 N–H and O–H groups in total. The number of hydrogen-bond acceptors (Lipinski definition) is 6. The molecule has 1 aliphatic carbocycles. The summed E-state index contributed by atoms with van der Waals surface area (Å²) in [5, 5.41) is 17.3. The molecule has 1 aromatic heterocycles. The molecule has 1 aliphatic rings. The summed E-state index contributed by atoms with van der Waals surface area (Å²) in [5.41, 5.74) is 3.67. The molecule has 0 spiro atoms. The number of hydrogen-bond donors (Lipinski definition) is 2. The third-order valence-electron chi connectivity index (χ3n) is 5.85. The Bertz CT molecular complexity index is 1140. The molecule has 0 radical (unpaired) electrons. The van der Waals surface area contributed by atoms with Crippen molar-refractivity contribution in [2.24, 2.45) is 5.92 Å². The van der Waals surface area contributed by atoms with Crippen LogP contribution in [0, 0.1) is 5.92 Å². The standard InChI is InChI=1S/C25H28ClN3O4/c1-4-15-11-19(27-18-7-5-17(12-18)25(30)31)8-9-20(15)24-28-23(29-33-24)16-6-10-22(21(26)13-16)32-14(2)3/h6,8-11,13-14,17-18,27H,4-5,7,12H2,1-3H3,(H,30,31)/t17-,18?/m1/s1. The Morgan fingerprint density at radius 3 is 2.76 bits per heavy atom. The van der Waals surface area contributed by atoms with Crippen LogP contribution in [0.4, 0.5) is 5.69 Å². The third-order valence-corrected chi connectivity index (χ3v) is 6.14. The van der Waals surface area contributed by atoms with Crippen molar-refractivity contribution in [2.45, 2.75) is 58.6 Å². The van der Waals surface area contributed by atoms with Crippen molar-refractivity contribution in [3.05, 3.63) is 47.0 Å². The lowest BCUT2D eigenvalue weighted by molar-refractivity contribution is -0.141. The van der Waals surface area contributed by atoms with Gasteiger partial charge in [0.2, 0.25) is 5.82 Å². The van der Waals surface area contributed by atoms with Crippen LogP contribution in [0.15, 0.2) is 40.9 Å². The van der Waals surface area contributed by atoms with Gasteiger partial charge in [-0.25, -0.2) is 0 Å². The fraction of sp³-hybridized carbons (Fsp3) is 0.400. The quantitative estimate of drug-likeness (QED) is 0.413. The fourth-order valence-corrected chi connectivity index (χ4v) is 4.42. The van der Waals surface area contributed by atoms with E-state index in [2.05, 4.69) is 28.4 Å². The number of aryl methyl sites for hydroxylation is 1. The molecule has 2 atom stereocenters. The SMILES string of the molecule is CCc1cc(NC2CC[C@@H](C(=O)O)C2)ccc1-c1nc(-c2ccc(OC(C)C)c(Cl)c2)no1. The number of nitrogens with zero attached hydrogens (tertiary/aromatic N) is 2. The van der Waals surface area contributed by atoms with Crippen LogP contribution in [0.5, 0.6) is 5.75 Å². The second-order valence-electron chi connectivity index (χ2n) is 8.65. The maximum Gasteiger partial charge on any atom is 0.306 e. The summed E-state index contributed by atoms with van der Waals surface area (Å²) in [6.07, 6.45) is 3.04. The predicted octanol–water partition coefficient (Wildman–Crippen LogP) is 6.07. The molecule has 4 rings (SSSR count). The van der Waals surface area contributed by atoms with Crippen LogP contribution in [0.1, 0.15) is 45.6 Å². The van der Waals surface area contributed by atoms with Gasteiger partial charge in [-0.15, -0.1) is 0 Å². The topological polar surface area (TPSA) is 97.5 Å². The highest BCUT2D eigenvalue weighted by Crippen LogP contribution is 2.33. The van der Waals surface area contributed by atoms with E-state index in [4.69, 9.17) is 20.9 Å². The largest absolute Gasteiger partial charge is 0.489 e. The zero-order chi connectivity index (χ0) is 23.5. The molecule has 8 heteroatoms. The van der Waals surface area contributed by atoms with E-state index in [1.807, 2.05) is 38.1 Å². The number of anilines is 1. The second-order valence-corrected chi connectivity index (χ2v) is 9.06. The number of carboxylic acids is 1. The first-order valence-corrected chi connectivity index (χ1v) is 11.6. The number of carboxylic acid groups (broad SMARTS) is 1. The van der Waals surface area contributed by atoms with Crippen LogP contribution < -0.4 is 10.1 Å². The normalized spacial score (nSPS) is 18.0. The molecule has 3 aromatic rings. The van der Waals surface area contributed by atoms with Crippen molar-refractivity contribution in [3.8, 4) is 28.6 Å². The van der Waals surface area contributed by atoms with Crippen molar-refractivity contribution in [3.63, 3.8) is 0 Å². The Balaban J connectivity index is 1.52. The summed E-state index contributed by atoms with van der Waals surface area (Å²) in [4.78, 5) is 15.8. The van der Waals surface area contributed by atoms with E-state index in [-0.39, 0.29) is 18.1 Å². The van der Waals surface area contributed by atoms with Crippen LogP contribution >= 0.6 is 11.6 Å². The average molecular weight is 470 g/mol. The minimum Gasteiger partial charge on any atom is -0.489 e. The Morgan fingerprint density at radius 2 is 2.09 bits per heavy atom. The average Bonchev–Trinajstić information content (AvgIpc) is 3.45. The van der Waals surface area contributed by atoms with Gasteiger partial charge in [0.25, 0.3) is 5.89 Å². The zero-order valence-corrected chi connectivity index (χ0v) is 19.7. The van der Waals surface area contributed by atoms with Crippen LogP contribution in [0.25, 0.3) is 22.8 Å². The van der Waals surface area contributed by atoms with E-state index in [0.29, 0.717) is 35.3 Å². The van der Waals surface area contributed by atoms with E-state index in [1.54, 1.807) is 6.07 Å². The molecule has 174 valence electrons. The van der Waals surface area contributed by atoms with Crippen LogP contribution in [-0.4, -0.2) is 33.4 Å². The Kier molecular flexibility index (Phi) is 6.88. The molecule has 1 fully saturated rings. The van der Waals surface area contributed by atoms with Gasteiger partial charge in [-0.05, 0) is 81.5 Å². The summed E-state index contributed by atoms with van der Waals surface area (Å²) in [6, 6.07) is 11.6. The molecular weight excluding hydrogens is 442 g/mol. The first kappa shape index (κ1) is 23.1. The number of aromatic nitrogens is 2. The number of aliphatic carboxylic acids is 1. The van der Waals surface area contributed by atoms with E-state index in [0.717, 1.165) is 35.2 Å². The maximum atomic E-state index is 11.2. The van der Waals surface area contributed by atoms with Gasteiger partial charge in [0.15, 0.2) is 0 Å². The summed E-state index contributed by atoms with van der Waals surface area (Å²) in [5.74, 6) is 0.549. The van der Waals surface area contributed by atoms with Crippen molar-refractivity contribution in [1.29, 1.82) is 0 Å². The maximum absolute atomic E-state index is 11.2. The van der Waals surface area contributed by atoms with Gasteiger partial charge in [0.1, 0.15) is 5.75 Å². The van der Waals surface area contributed by atoms with Gasteiger partial charge < -0.3 is 19.7 Å². The highest BCUT2D eigenvalue weighted by Gasteiger charge is 2.29. The summed E-state index contributed by atoms with van der Waals surface area (Å²) in [7, 11) is 0. The van der Waals surface area contributed by atoms with E-state index in [9.17, 15) is 9.90 Å². The predicted molar refractivity (Wildman–Crippen MR) is 128 cm³/mol. The van der Waals surface area contributed by atoms with Crippen LogP contribution in [-0.2, 0) is 11.2 Å². The van der Waals surface area contributed by atoms with Gasteiger partial charge in [-0.3, -0.25) is 4.79 Å². The number of carbonyl (C=O) groups is 1. The van der Waals surface area contributed by atoms with E-state index >= 15 is 0 Å². The molecule has 1 unspecified atom stereocenters. The lowest BCUT2D eigenvalue weighted by Crippen LogP contribution is -2.18. The number of rotatable bonds is 8. The highest BCUT2D eigenvalue weighted by molar-refractivity contribution is 6.32. The van der Waals surface area contributed by atoms with Gasteiger partial charge in [-0.2, -0.15) is 4.98 Å². The van der Waals surface area contributed by atoms with Crippen LogP contribution in [0.2, 0.25) is 5.02 Å². The fourth-order valence-electron chi connectivity index (χ4n) is 4.20. The molecule has 2 aromatic carbocycles.